The van der Waals surface area contributed by atoms with Crippen molar-refractivity contribution in [2.24, 2.45) is 29.4 Å². The molecule has 2 heterocycles. The zero-order valence-corrected chi connectivity index (χ0v) is 33.8. The van der Waals surface area contributed by atoms with E-state index in [1.807, 2.05) is 0 Å². The number of hydrogen-bond acceptors (Lipinski definition) is 9. The first-order valence-electron chi connectivity index (χ1n) is 20.0. The highest BCUT2D eigenvalue weighted by molar-refractivity contribution is 6.28. The molecule has 4 aromatic carbocycles. The van der Waals surface area contributed by atoms with Crippen molar-refractivity contribution in [3.63, 3.8) is 0 Å². The first-order chi connectivity index (χ1) is 27.6. The Morgan fingerprint density at radius 1 is 0.603 bits per heavy atom. The largest absolute Gasteiger partial charge is 0.479 e. The molecule has 58 heavy (non-hydrogen) atoms. The SMILES string of the molecule is CC1CCN(Cc2ccccc2)CC1C(N)C1CN(Cc2ccccc2)CCC1C.Cc1ccc(C(=O)C(O)(C(=O)O)C(O)(C(=O)O)C(=O)c2ccc(C)cc2)cc1. The lowest BCUT2D eigenvalue weighted by Crippen LogP contribution is -2.71. The van der Waals surface area contributed by atoms with Crippen molar-refractivity contribution in [3.8, 4) is 0 Å². The molecule has 0 bridgehead atoms. The third kappa shape index (κ3) is 9.79. The van der Waals surface area contributed by atoms with Crippen molar-refractivity contribution in [2.75, 3.05) is 26.2 Å². The maximum absolute atomic E-state index is 12.8. The van der Waals surface area contributed by atoms with Crippen LogP contribution < -0.4 is 5.73 Å². The average Bonchev–Trinajstić information content (AvgIpc) is 3.22. The van der Waals surface area contributed by atoms with E-state index in [-0.39, 0.29) is 17.2 Å². The summed E-state index contributed by atoms with van der Waals surface area (Å²) in [5.41, 5.74) is 2.62. The summed E-state index contributed by atoms with van der Waals surface area (Å²) in [7, 11) is 0. The minimum Gasteiger partial charge on any atom is -0.479 e. The van der Waals surface area contributed by atoms with Gasteiger partial charge in [0.05, 0.1) is 0 Å². The van der Waals surface area contributed by atoms with Crippen LogP contribution in [0.5, 0.6) is 0 Å². The van der Waals surface area contributed by atoms with Gasteiger partial charge in [0.1, 0.15) is 0 Å². The zero-order chi connectivity index (χ0) is 42.2. The van der Waals surface area contributed by atoms with Gasteiger partial charge in [-0.25, -0.2) is 9.59 Å². The summed E-state index contributed by atoms with van der Waals surface area (Å²) in [5, 5.41) is 40.3. The molecule has 2 aliphatic rings. The van der Waals surface area contributed by atoms with Gasteiger partial charge in [-0.3, -0.25) is 19.4 Å². The highest BCUT2D eigenvalue weighted by Crippen LogP contribution is 2.35. The molecule has 0 aromatic heterocycles. The molecule has 6 rings (SSSR count). The van der Waals surface area contributed by atoms with Crippen LogP contribution in [-0.4, -0.2) is 97.2 Å². The Kier molecular flexibility index (Phi) is 14.5. The molecule has 0 spiro atoms. The van der Waals surface area contributed by atoms with Crippen LogP contribution in [0.2, 0.25) is 0 Å². The fraction of sp³-hybridized carbons (Fsp3) is 0.404. The predicted octanol–water partition coefficient (Wildman–Crippen LogP) is 5.63. The molecule has 0 saturated carbocycles. The Hall–Kier alpha value is -5.04. The van der Waals surface area contributed by atoms with E-state index in [0.29, 0.717) is 34.8 Å². The minimum atomic E-state index is -3.96. The number of carbonyl (C=O) groups is 4. The topological polar surface area (TPSA) is 182 Å². The Morgan fingerprint density at radius 2 is 0.931 bits per heavy atom. The molecule has 2 aliphatic heterocycles. The standard InChI is InChI=1S/C27H39N3.C20H18O8/c1-21-13-15-29(17-23-9-5-3-6-10-23)19-25(21)27(28)26-20-30(16-14-22(26)2)18-24-11-7-4-8-12-24;1-11-3-7-13(8-4-11)15(21)19(27,17(23)24)20(28,18(25)26)16(22)14-9-5-12(2)6-10-14/h3-12,21-22,25-27H,13-20,28H2,1-2H3;3-10,27-28H,1-2H3,(H,23,24)(H,25,26). The smallest absolute Gasteiger partial charge is 0.348 e. The summed E-state index contributed by atoms with van der Waals surface area (Å²) in [6, 6.07) is 32.4. The Balaban J connectivity index is 0.000000222. The number of aliphatic carboxylic acids is 2. The first kappa shape index (κ1) is 44.1. The number of benzene rings is 4. The number of aliphatic hydroxyl groups is 2. The molecular formula is C47H57N3O8. The quantitative estimate of drug-likeness (QED) is 0.0837. The van der Waals surface area contributed by atoms with Gasteiger partial charge < -0.3 is 26.2 Å². The van der Waals surface area contributed by atoms with E-state index in [1.165, 1.54) is 61.3 Å². The predicted molar refractivity (Wildman–Crippen MR) is 222 cm³/mol. The number of carboxylic acids is 2. The minimum absolute atomic E-state index is 0.284. The highest BCUT2D eigenvalue weighted by Gasteiger charge is 2.70. The number of Topliss-reactive ketones (excluding diaryl/α,β-unsaturated/α-hetero) is 2. The van der Waals surface area contributed by atoms with Crippen LogP contribution in [0.25, 0.3) is 0 Å². The molecular weight excluding hydrogens is 735 g/mol. The van der Waals surface area contributed by atoms with Gasteiger partial charge in [-0.2, -0.15) is 0 Å². The third-order valence-electron chi connectivity index (χ3n) is 12.1. The van der Waals surface area contributed by atoms with Crippen LogP contribution in [0, 0.1) is 37.5 Å². The van der Waals surface area contributed by atoms with Crippen LogP contribution in [0.4, 0.5) is 0 Å². The number of nitrogens with zero attached hydrogens (tertiary/aromatic N) is 2. The van der Waals surface area contributed by atoms with Crippen molar-refractivity contribution in [1.29, 1.82) is 0 Å². The summed E-state index contributed by atoms with van der Waals surface area (Å²) >= 11 is 0. The molecule has 4 aromatic rings. The normalized spacial score (nSPS) is 22.6. The number of ketones is 2. The molecule has 0 aliphatic carbocycles. The number of aryl methyl sites for hydroxylation is 2. The number of piperidine rings is 2. The van der Waals surface area contributed by atoms with E-state index >= 15 is 0 Å². The van der Waals surface area contributed by atoms with E-state index in [9.17, 15) is 39.6 Å². The summed E-state index contributed by atoms with van der Waals surface area (Å²) in [5.74, 6) is -5.41. The fourth-order valence-electron chi connectivity index (χ4n) is 8.29. The van der Waals surface area contributed by atoms with E-state index < -0.39 is 34.7 Å². The molecule has 0 radical (unpaired) electrons. The van der Waals surface area contributed by atoms with Gasteiger partial charge in [-0.05, 0) is 74.6 Å². The molecule has 6 unspecified atom stereocenters. The fourth-order valence-corrected chi connectivity index (χ4v) is 8.29. The molecule has 6 N–H and O–H groups in total. The molecule has 0 amide bonds. The second-order valence-corrected chi connectivity index (χ2v) is 16.3. The van der Waals surface area contributed by atoms with Gasteiger partial charge in [-0.15, -0.1) is 0 Å². The van der Waals surface area contributed by atoms with Crippen LogP contribution in [0.15, 0.2) is 109 Å². The molecule has 6 atom stereocenters. The van der Waals surface area contributed by atoms with Crippen LogP contribution in [-0.2, 0) is 22.7 Å². The van der Waals surface area contributed by atoms with Crippen molar-refractivity contribution in [2.45, 2.75) is 70.9 Å². The second kappa shape index (κ2) is 19.1. The third-order valence-corrected chi connectivity index (χ3v) is 12.1. The van der Waals surface area contributed by atoms with Crippen molar-refractivity contribution < 1.29 is 39.6 Å². The number of rotatable bonds is 13. The maximum Gasteiger partial charge on any atom is 0.348 e. The van der Waals surface area contributed by atoms with Crippen molar-refractivity contribution in [1.82, 2.24) is 9.80 Å². The number of hydrogen-bond donors (Lipinski definition) is 5. The number of nitrogens with two attached hydrogens (primary N) is 1. The molecule has 11 nitrogen and oxygen atoms in total. The van der Waals surface area contributed by atoms with Gasteiger partial charge >= 0.3 is 11.9 Å². The Bertz CT molecular complexity index is 1860. The summed E-state index contributed by atoms with van der Waals surface area (Å²) in [6.07, 6.45) is 2.53. The van der Waals surface area contributed by atoms with Crippen molar-refractivity contribution >= 4 is 23.5 Å². The van der Waals surface area contributed by atoms with E-state index in [4.69, 9.17) is 5.73 Å². The molecule has 2 saturated heterocycles. The molecule has 11 heteroatoms. The van der Waals surface area contributed by atoms with Gasteiger partial charge in [0.15, 0.2) is 0 Å². The Morgan fingerprint density at radius 3 is 1.24 bits per heavy atom. The van der Waals surface area contributed by atoms with E-state index in [2.05, 4.69) is 84.3 Å². The summed E-state index contributed by atoms with van der Waals surface area (Å²) in [4.78, 5) is 54.4. The van der Waals surface area contributed by atoms with E-state index in [0.717, 1.165) is 50.4 Å². The number of carbonyl (C=O) groups excluding carboxylic acids is 2. The van der Waals surface area contributed by atoms with Crippen LogP contribution in [0.1, 0.15) is 69.7 Å². The monoisotopic (exact) mass is 791 g/mol. The lowest BCUT2D eigenvalue weighted by atomic mass is 9.71. The van der Waals surface area contributed by atoms with Crippen molar-refractivity contribution in [3.05, 3.63) is 143 Å². The maximum atomic E-state index is 12.8. The summed E-state index contributed by atoms with van der Waals surface area (Å²) < 4.78 is 0. The molecule has 308 valence electrons. The molecule has 2 fully saturated rings. The van der Waals surface area contributed by atoms with E-state index in [1.54, 1.807) is 13.8 Å². The lowest BCUT2D eigenvalue weighted by molar-refractivity contribution is -0.187. The summed E-state index contributed by atoms with van der Waals surface area (Å²) in [6.45, 7) is 15.0. The number of likely N-dealkylation sites (tertiary alicyclic amines) is 2. The van der Waals surface area contributed by atoms with Gasteiger partial charge in [0.25, 0.3) is 11.2 Å². The van der Waals surface area contributed by atoms with Gasteiger partial charge in [0.2, 0.25) is 11.6 Å². The second-order valence-electron chi connectivity index (χ2n) is 16.3. The number of carboxylic acid groups (broad SMARTS) is 2. The lowest BCUT2D eigenvalue weighted by Gasteiger charge is -2.46. The van der Waals surface area contributed by atoms with Gasteiger partial charge in [-0.1, -0.05) is 134 Å². The highest BCUT2D eigenvalue weighted by atomic mass is 16.5. The van der Waals surface area contributed by atoms with Crippen LogP contribution >= 0.6 is 0 Å². The average molecular weight is 792 g/mol. The Labute approximate surface area is 341 Å². The zero-order valence-electron chi connectivity index (χ0n) is 33.8. The van der Waals surface area contributed by atoms with Crippen LogP contribution in [0.3, 0.4) is 0 Å². The first-order valence-corrected chi connectivity index (χ1v) is 20.0. The van der Waals surface area contributed by atoms with Gasteiger partial charge in [0, 0.05) is 43.3 Å².